The minimum atomic E-state index is -0.236. The van der Waals surface area contributed by atoms with Crippen molar-refractivity contribution in [2.75, 3.05) is 38.2 Å². The Morgan fingerprint density at radius 1 is 1.10 bits per heavy atom. The van der Waals surface area contributed by atoms with Crippen molar-refractivity contribution in [1.29, 1.82) is 0 Å². The van der Waals surface area contributed by atoms with E-state index in [1.807, 2.05) is 37.3 Å². The summed E-state index contributed by atoms with van der Waals surface area (Å²) >= 11 is 1.32. The molecular weight excluding hydrogens is 410 g/mol. The van der Waals surface area contributed by atoms with E-state index in [4.69, 9.17) is 4.74 Å². The van der Waals surface area contributed by atoms with Crippen molar-refractivity contribution in [2.24, 2.45) is 0 Å². The number of anilines is 1. The van der Waals surface area contributed by atoms with E-state index >= 15 is 0 Å². The number of nitrogens with zero attached hydrogens (tertiary/aromatic N) is 3. The molecule has 1 fully saturated rings. The van der Waals surface area contributed by atoms with Crippen LogP contribution < -0.4 is 10.6 Å². The van der Waals surface area contributed by atoms with Crippen molar-refractivity contribution < 1.29 is 9.53 Å². The van der Waals surface area contributed by atoms with Crippen LogP contribution in [0.2, 0.25) is 0 Å². The maximum Gasteiger partial charge on any atom is 0.286 e. The Morgan fingerprint density at radius 3 is 2.58 bits per heavy atom. The lowest BCUT2D eigenvalue weighted by atomic mass is 10.1. The summed E-state index contributed by atoms with van der Waals surface area (Å²) in [5.74, 6) is -0.236. The number of aromatic nitrogens is 2. The van der Waals surface area contributed by atoms with Gasteiger partial charge in [-0.15, -0.1) is 10.2 Å². The van der Waals surface area contributed by atoms with Crippen LogP contribution in [0.15, 0.2) is 54.6 Å². The highest BCUT2D eigenvalue weighted by molar-refractivity contribution is 7.13. The Kier molecular flexibility index (Phi) is 7.37. The third-order valence-electron chi connectivity index (χ3n) is 5.22. The highest BCUT2D eigenvalue weighted by Crippen LogP contribution is 2.18. The molecule has 1 aliphatic rings. The molecule has 0 spiro atoms. The molecule has 3 aromatic rings. The van der Waals surface area contributed by atoms with Crippen molar-refractivity contribution in [1.82, 2.24) is 20.4 Å². The summed E-state index contributed by atoms with van der Waals surface area (Å²) in [6.07, 6.45) is 0. The van der Waals surface area contributed by atoms with E-state index in [0.717, 1.165) is 49.1 Å². The van der Waals surface area contributed by atoms with Crippen molar-refractivity contribution in [3.63, 3.8) is 0 Å². The van der Waals surface area contributed by atoms with E-state index in [1.165, 1.54) is 16.9 Å². The molecule has 2 aromatic carbocycles. The van der Waals surface area contributed by atoms with Crippen LogP contribution in [0.5, 0.6) is 0 Å². The molecule has 1 saturated heterocycles. The van der Waals surface area contributed by atoms with Gasteiger partial charge in [-0.25, -0.2) is 0 Å². The fraction of sp³-hybridized carbons (Fsp3) is 0.348. The number of amides is 1. The predicted octanol–water partition coefficient (Wildman–Crippen LogP) is 3.26. The lowest BCUT2D eigenvalue weighted by Gasteiger charge is -2.31. The third kappa shape index (κ3) is 6.18. The number of rotatable bonds is 8. The Hall–Kier alpha value is -2.65. The van der Waals surface area contributed by atoms with E-state index in [0.29, 0.717) is 11.6 Å². The van der Waals surface area contributed by atoms with Gasteiger partial charge in [0.1, 0.15) is 5.01 Å². The number of morpholine rings is 1. The first-order valence-electron chi connectivity index (χ1n) is 10.5. The largest absolute Gasteiger partial charge is 0.379 e. The van der Waals surface area contributed by atoms with Gasteiger partial charge < -0.3 is 15.4 Å². The van der Waals surface area contributed by atoms with Crippen molar-refractivity contribution in [2.45, 2.75) is 19.5 Å². The van der Waals surface area contributed by atoms with Gasteiger partial charge in [0.2, 0.25) is 5.01 Å². The van der Waals surface area contributed by atoms with Gasteiger partial charge in [-0.05, 0) is 24.6 Å². The van der Waals surface area contributed by atoms with E-state index in [9.17, 15) is 4.79 Å². The Bertz CT molecular complexity index is 971. The molecule has 162 valence electrons. The van der Waals surface area contributed by atoms with Crippen molar-refractivity contribution in [3.05, 3.63) is 75.7 Å². The van der Waals surface area contributed by atoms with Gasteiger partial charge in [-0.1, -0.05) is 59.4 Å². The number of benzene rings is 2. The van der Waals surface area contributed by atoms with Gasteiger partial charge in [-0.3, -0.25) is 9.69 Å². The summed E-state index contributed by atoms with van der Waals surface area (Å²) in [5.41, 5.74) is 3.13. The molecule has 1 aliphatic heterocycles. The smallest absolute Gasteiger partial charge is 0.286 e. The molecule has 4 rings (SSSR count). The minimum absolute atomic E-state index is 0.160. The molecule has 31 heavy (non-hydrogen) atoms. The number of aryl methyl sites for hydroxylation is 1. The fourth-order valence-corrected chi connectivity index (χ4v) is 4.15. The summed E-state index contributed by atoms with van der Waals surface area (Å²) < 4.78 is 5.47. The van der Waals surface area contributed by atoms with Gasteiger partial charge in [0.05, 0.1) is 19.8 Å². The summed E-state index contributed by atoms with van der Waals surface area (Å²) in [5, 5.41) is 15.9. The Labute approximate surface area is 186 Å². The SMILES string of the molecule is Cc1ccc(NC(=O)c2nnc(CNC(CN3CCOCC3)c3ccccc3)s2)cc1. The number of carbonyl (C=O) groups excluding carboxylic acids is 1. The number of hydrogen-bond acceptors (Lipinski definition) is 7. The molecule has 2 heterocycles. The van der Waals surface area contributed by atoms with Crippen LogP contribution in [0.25, 0.3) is 0 Å². The first-order chi connectivity index (χ1) is 15.2. The third-order valence-corrected chi connectivity index (χ3v) is 6.14. The zero-order valence-corrected chi connectivity index (χ0v) is 18.4. The summed E-state index contributed by atoms with van der Waals surface area (Å²) in [6, 6.07) is 18.3. The molecule has 0 aliphatic carbocycles. The van der Waals surface area contributed by atoms with Crippen LogP contribution in [0.4, 0.5) is 5.69 Å². The highest BCUT2D eigenvalue weighted by Gasteiger charge is 2.19. The molecule has 0 radical (unpaired) electrons. The topological polar surface area (TPSA) is 79.4 Å². The van der Waals surface area contributed by atoms with Gasteiger partial charge >= 0.3 is 0 Å². The average molecular weight is 438 g/mol. The molecule has 1 unspecified atom stereocenters. The first-order valence-corrected chi connectivity index (χ1v) is 11.3. The summed E-state index contributed by atoms with van der Waals surface area (Å²) in [6.45, 7) is 6.89. The fourth-order valence-electron chi connectivity index (χ4n) is 3.46. The lowest BCUT2D eigenvalue weighted by Crippen LogP contribution is -2.41. The standard InChI is InChI=1S/C23H27N5O2S/c1-17-7-9-19(10-8-17)25-22(29)23-27-26-21(31-23)15-24-20(18-5-3-2-4-6-18)16-28-11-13-30-14-12-28/h2-10,20,24H,11-16H2,1H3,(H,25,29). The zero-order valence-electron chi connectivity index (χ0n) is 17.6. The molecule has 7 nitrogen and oxygen atoms in total. The number of nitrogens with one attached hydrogen (secondary N) is 2. The zero-order chi connectivity index (χ0) is 21.5. The molecule has 8 heteroatoms. The minimum Gasteiger partial charge on any atom is -0.379 e. The normalized spacial score (nSPS) is 15.5. The maximum atomic E-state index is 12.5. The first kappa shape index (κ1) is 21.6. The predicted molar refractivity (Wildman–Crippen MR) is 122 cm³/mol. The van der Waals surface area contributed by atoms with Crippen LogP contribution in [0, 0.1) is 6.92 Å². The summed E-state index contributed by atoms with van der Waals surface area (Å²) in [7, 11) is 0. The van der Waals surface area contributed by atoms with Gasteiger partial charge in [0.25, 0.3) is 5.91 Å². The van der Waals surface area contributed by atoms with Gasteiger partial charge in [-0.2, -0.15) is 0 Å². The lowest BCUT2D eigenvalue weighted by molar-refractivity contribution is 0.0333. The molecule has 1 aromatic heterocycles. The van der Waals surface area contributed by atoms with Crippen LogP contribution in [0.1, 0.15) is 32.0 Å². The maximum absolute atomic E-state index is 12.5. The Morgan fingerprint density at radius 2 is 1.84 bits per heavy atom. The van der Waals surface area contributed by atoms with E-state index in [1.54, 1.807) is 0 Å². The second kappa shape index (κ2) is 10.6. The second-order valence-corrected chi connectivity index (χ2v) is 8.64. The van der Waals surface area contributed by atoms with E-state index in [-0.39, 0.29) is 11.9 Å². The number of ether oxygens (including phenoxy) is 1. The van der Waals surface area contributed by atoms with Crippen LogP contribution in [-0.2, 0) is 11.3 Å². The Balaban J connectivity index is 1.37. The quantitative estimate of drug-likeness (QED) is 0.563. The van der Waals surface area contributed by atoms with Gasteiger partial charge in [0.15, 0.2) is 0 Å². The molecule has 0 saturated carbocycles. The van der Waals surface area contributed by atoms with Crippen LogP contribution >= 0.6 is 11.3 Å². The molecule has 2 N–H and O–H groups in total. The second-order valence-electron chi connectivity index (χ2n) is 7.58. The van der Waals surface area contributed by atoms with E-state index < -0.39 is 0 Å². The summed E-state index contributed by atoms with van der Waals surface area (Å²) in [4.78, 5) is 14.9. The highest BCUT2D eigenvalue weighted by atomic mass is 32.1. The average Bonchev–Trinajstić information content (AvgIpc) is 3.29. The van der Waals surface area contributed by atoms with E-state index in [2.05, 4.69) is 50.0 Å². The van der Waals surface area contributed by atoms with Gasteiger partial charge in [0, 0.05) is 31.4 Å². The monoisotopic (exact) mass is 437 g/mol. The van der Waals surface area contributed by atoms with Crippen molar-refractivity contribution in [3.8, 4) is 0 Å². The van der Waals surface area contributed by atoms with Crippen LogP contribution in [-0.4, -0.2) is 53.9 Å². The van der Waals surface area contributed by atoms with Crippen LogP contribution in [0.3, 0.4) is 0 Å². The molecule has 0 bridgehead atoms. The van der Waals surface area contributed by atoms with Crippen molar-refractivity contribution >= 4 is 22.9 Å². The molecule has 1 atom stereocenters. The number of carbonyl (C=O) groups is 1. The number of hydrogen-bond donors (Lipinski definition) is 2. The molecular formula is C23H27N5O2S. The molecule has 1 amide bonds.